The van der Waals surface area contributed by atoms with E-state index in [1.807, 2.05) is 11.3 Å². The quantitative estimate of drug-likeness (QED) is 0.528. The predicted molar refractivity (Wildman–Crippen MR) is 117 cm³/mol. The molecule has 6 heteroatoms. The minimum atomic E-state index is 0.666. The van der Waals surface area contributed by atoms with Crippen molar-refractivity contribution in [3.05, 3.63) is 22.4 Å². The molecular weight excluding hydrogens is 354 g/mol. The zero-order valence-corrected chi connectivity index (χ0v) is 17.9. The van der Waals surface area contributed by atoms with Gasteiger partial charge in [-0.1, -0.05) is 13.0 Å². The van der Waals surface area contributed by atoms with Crippen LogP contribution in [0.5, 0.6) is 0 Å². The second kappa shape index (κ2) is 11.0. The first-order chi connectivity index (χ1) is 13.3. The third kappa shape index (κ3) is 6.47. The van der Waals surface area contributed by atoms with Gasteiger partial charge in [0.1, 0.15) is 0 Å². The van der Waals surface area contributed by atoms with Gasteiger partial charge in [0, 0.05) is 37.1 Å². The first-order valence-electron chi connectivity index (χ1n) is 10.8. The minimum absolute atomic E-state index is 0.666. The third-order valence-corrected chi connectivity index (χ3v) is 6.79. The molecule has 2 aliphatic rings. The van der Waals surface area contributed by atoms with E-state index in [1.54, 1.807) is 0 Å². The Labute approximate surface area is 169 Å². The van der Waals surface area contributed by atoms with Crippen LogP contribution in [0, 0.1) is 5.92 Å². The summed E-state index contributed by atoms with van der Waals surface area (Å²) in [7, 11) is 0. The number of nitrogens with zero attached hydrogens (tertiary/aromatic N) is 3. The Morgan fingerprint density at radius 3 is 2.74 bits per heavy atom. The fourth-order valence-corrected chi connectivity index (χ4v) is 5.02. The number of likely N-dealkylation sites (tertiary alicyclic amines) is 2. The average Bonchev–Trinajstić information content (AvgIpc) is 3.36. The lowest BCUT2D eigenvalue weighted by atomic mass is 9.97. The first-order valence-corrected chi connectivity index (χ1v) is 11.7. The van der Waals surface area contributed by atoms with E-state index >= 15 is 0 Å². The molecule has 1 aromatic heterocycles. The van der Waals surface area contributed by atoms with Gasteiger partial charge in [-0.3, -0.25) is 14.8 Å². The van der Waals surface area contributed by atoms with Crippen molar-refractivity contribution in [2.24, 2.45) is 10.9 Å². The second-order valence-electron chi connectivity index (χ2n) is 7.82. The number of hydrogen-bond acceptors (Lipinski definition) is 4. The maximum atomic E-state index is 4.91. The second-order valence-corrected chi connectivity index (χ2v) is 8.86. The van der Waals surface area contributed by atoms with Crippen LogP contribution in [-0.4, -0.2) is 67.6 Å². The van der Waals surface area contributed by atoms with E-state index in [2.05, 4.69) is 51.8 Å². The van der Waals surface area contributed by atoms with Crippen molar-refractivity contribution >= 4 is 17.3 Å². The largest absolute Gasteiger partial charge is 0.357 e. The number of aliphatic imine (C=N–C) groups is 1. The lowest BCUT2D eigenvalue weighted by molar-refractivity contribution is 0.182. The van der Waals surface area contributed by atoms with Crippen molar-refractivity contribution in [3.8, 4) is 0 Å². The maximum Gasteiger partial charge on any atom is 0.191 e. The summed E-state index contributed by atoms with van der Waals surface area (Å²) in [5.74, 6) is 1.72. The highest BCUT2D eigenvalue weighted by Gasteiger charge is 2.23. The topological polar surface area (TPSA) is 42.9 Å². The standard InChI is InChI=1S/C21H37N5S/c1-3-22-21(24-16-19-7-5-11-26(19)4-2)23-15-18-9-12-25(13-10-18)17-20-8-6-14-27-20/h6,8,14,18-19H,3-5,7,9-13,15-17H2,1-2H3,(H2,22,23,24). The van der Waals surface area contributed by atoms with Gasteiger partial charge in [-0.05, 0) is 76.2 Å². The molecule has 1 atom stereocenters. The van der Waals surface area contributed by atoms with Crippen molar-refractivity contribution in [1.82, 2.24) is 20.4 Å². The van der Waals surface area contributed by atoms with E-state index in [1.165, 1.54) is 50.2 Å². The van der Waals surface area contributed by atoms with Gasteiger partial charge in [0.15, 0.2) is 5.96 Å². The average molecular weight is 392 g/mol. The van der Waals surface area contributed by atoms with Crippen LogP contribution in [0.3, 0.4) is 0 Å². The van der Waals surface area contributed by atoms with Gasteiger partial charge in [0.05, 0.1) is 0 Å². The molecule has 0 spiro atoms. The van der Waals surface area contributed by atoms with Crippen molar-refractivity contribution in [2.75, 3.05) is 45.8 Å². The minimum Gasteiger partial charge on any atom is -0.357 e. The monoisotopic (exact) mass is 391 g/mol. The Balaban J connectivity index is 1.40. The molecule has 5 nitrogen and oxygen atoms in total. The van der Waals surface area contributed by atoms with Crippen LogP contribution in [0.25, 0.3) is 0 Å². The Kier molecular flexibility index (Phi) is 8.42. The fourth-order valence-electron chi connectivity index (χ4n) is 4.27. The van der Waals surface area contributed by atoms with E-state index in [0.29, 0.717) is 6.04 Å². The molecule has 0 bridgehead atoms. The van der Waals surface area contributed by atoms with Crippen LogP contribution in [0.2, 0.25) is 0 Å². The Morgan fingerprint density at radius 1 is 1.19 bits per heavy atom. The van der Waals surface area contributed by atoms with Gasteiger partial charge in [-0.15, -0.1) is 11.3 Å². The number of guanidine groups is 1. The van der Waals surface area contributed by atoms with Crippen molar-refractivity contribution < 1.29 is 0 Å². The summed E-state index contributed by atoms with van der Waals surface area (Å²) < 4.78 is 0. The normalized spacial score (nSPS) is 23.0. The van der Waals surface area contributed by atoms with E-state index in [0.717, 1.165) is 44.6 Å². The van der Waals surface area contributed by atoms with Crippen LogP contribution in [0.1, 0.15) is 44.4 Å². The molecule has 27 heavy (non-hydrogen) atoms. The van der Waals surface area contributed by atoms with Gasteiger partial charge < -0.3 is 10.6 Å². The highest BCUT2D eigenvalue weighted by molar-refractivity contribution is 7.09. The molecule has 1 aromatic rings. The van der Waals surface area contributed by atoms with Gasteiger partial charge in [0.25, 0.3) is 0 Å². The number of hydrogen-bond donors (Lipinski definition) is 2. The van der Waals surface area contributed by atoms with Crippen LogP contribution in [0.4, 0.5) is 0 Å². The zero-order valence-electron chi connectivity index (χ0n) is 17.1. The van der Waals surface area contributed by atoms with Gasteiger partial charge >= 0.3 is 0 Å². The van der Waals surface area contributed by atoms with E-state index in [9.17, 15) is 0 Å². The zero-order chi connectivity index (χ0) is 18.9. The third-order valence-electron chi connectivity index (χ3n) is 5.93. The summed E-state index contributed by atoms with van der Waals surface area (Å²) in [5, 5.41) is 9.20. The summed E-state index contributed by atoms with van der Waals surface area (Å²) >= 11 is 1.87. The van der Waals surface area contributed by atoms with Crippen LogP contribution in [-0.2, 0) is 6.54 Å². The molecule has 1 unspecified atom stereocenters. The van der Waals surface area contributed by atoms with E-state index < -0.39 is 0 Å². The molecular formula is C21H37N5S. The number of rotatable bonds is 8. The molecule has 0 aromatic carbocycles. The smallest absolute Gasteiger partial charge is 0.191 e. The van der Waals surface area contributed by atoms with Crippen molar-refractivity contribution in [3.63, 3.8) is 0 Å². The number of nitrogens with one attached hydrogen (secondary N) is 2. The highest BCUT2D eigenvalue weighted by Crippen LogP contribution is 2.21. The van der Waals surface area contributed by atoms with Crippen LogP contribution < -0.4 is 10.6 Å². The molecule has 0 saturated carbocycles. The summed E-state index contributed by atoms with van der Waals surface area (Å²) in [5.41, 5.74) is 0. The Hall–Kier alpha value is -1.11. The van der Waals surface area contributed by atoms with Crippen molar-refractivity contribution in [2.45, 2.75) is 52.1 Å². The lowest BCUT2D eigenvalue weighted by Crippen LogP contribution is -2.45. The van der Waals surface area contributed by atoms with Crippen LogP contribution in [0.15, 0.2) is 22.5 Å². The summed E-state index contributed by atoms with van der Waals surface area (Å²) in [6.45, 7) is 13.2. The number of likely N-dealkylation sites (N-methyl/N-ethyl adjacent to an activating group) is 1. The molecule has 3 heterocycles. The predicted octanol–water partition coefficient (Wildman–Crippen LogP) is 3.00. The molecule has 0 aliphatic carbocycles. The Morgan fingerprint density at radius 2 is 2.04 bits per heavy atom. The fraction of sp³-hybridized carbons (Fsp3) is 0.762. The number of thiophene rings is 1. The first kappa shape index (κ1) is 20.6. The molecule has 2 aliphatic heterocycles. The van der Waals surface area contributed by atoms with Crippen LogP contribution >= 0.6 is 11.3 Å². The molecule has 3 rings (SSSR count). The van der Waals surface area contributed by atoms with Gasteiger partial charge in [-0.25, -0.2) is 0 Å². The molecule has 2 N–H and O–H groups in total. The summed E-state index contributed by atoms with van der Waals surface area (Å²) in [4.78, 5) is 11.6. The van der Waals surface area contributed by atoms with Gasteiger partial charge in [-0.2, -0.15) is 0 Å². The Bertz CT molecular complexity index is 551. The summed E-state index contributed by atoms with van der Waals surface area (Å²) in [6.07, 6.45) is 5.17. The van der Waals surface area contributed by atoms with Gasteiger partial charge in [0.2, 0.25) is 0 Å². The molecule has 2 fully saturated rings. The molecule has 0 amide bonds. The SMILES string of the molecule is CCNC(=NCC1CCN(Cc2cccs2)CC1)NCC1CCCN1CC. The molecule has 2 saturated heterocycles. The molecule has 0 radical (unpaired) electrons. The van der Waals surface area contributed by atoms with E-state index in [4.69, 9.17) is 4.99 Å². The number of piperidine rings is 1. The lowest BCUT2D eigenvalue weighted by Gasteiger charge is -2.31. The summed E-state index contributed by atoms with van der Waals surface area (Å²) in [6, 6.07) is 5.07. The maximum absolute atomic E-state index is 4.91. The highest BCUT2D eigenvalue weighted by atomic mass is 32.1. The van der Waals surface area contributed by atoms with Crippen molar-refractivity contribution in [1.29, 1.82) is 0 Å². The van der Waals surface area contributed by atoms with E-state index in [-0.39, 0.29) is 0 Å². The molecule has 152 valence electrons.